The van der Waals surface area contributed by atoms with Crippen LogP contribution in [0.2, 0.25) is 0 Å². The van der Waals surface area contributed by atoms with Crippen molar-refractivity contribution in [2.24, 2.45) is 0 Å². The number of ether oxygens (including phenoxy) is 1. The number of halogens is 2. The van der Waals surface area contributed by atoms with E-state index in [1.807, 2.05) is 0 Å². The molecule has 1 aromatic carbocycles. The van der Waals surface area contributed by atoms with Gasteiger partial charge in [-0.25, -0.2) is 4.98 Å². The number of hydrogen-bond acceptors (Lipinski definition) is 4. The Hall–Kier alpha value is -2.28. The van der Waals surface area contributed by atoms with Gasteiger partial charge in [0.05, 0.1) is 5.69 Å². The predicted octanol–water partition coefficient (Wildman–Crippen LogP) is 2.24. The lowest BCUT2D eigenvalue weighted by molar-refractivity contribution is -0.0508. The number of aromatic amines is 1. The molecule has 23 heavy (non-hydrogen) atoms. The van der Waals surface area contributed by atoms with Gasteiger partial charge in [0.1, 0.15) is 11.6 Å². The first-order valence-corrected chi connectivity index (χ1v) is 7.36. The number of nitrogens with zero attached hydrogens (tertiary/aromatic N) is 2. The fourth-order valence-corrected chi connectivity index (χ4v) is 2.84. The number of rotatable bonds is 4. The first kappa shape index (κ1) is 15.6. The van der Waals surface area contributed by atoms with Gasteiger partial charge >= 0.3 is 6.61 Å². The molecule has 0 aliphatic carbocycles. The molecule has 5 nitrogen and oxygen atoms in total. The van der Waals surface area contributed by atoms with Crippen LogP contribution in [-0.4, -0.2) is 28.0 Å². The lowest BCUT2D eigenvalue weighted by atomic mass is 10.1. The zero-order chi connectivity index (χ0) is 16.4. The van der Waals surface area contributed by atoms with Crippen LogP contribution in [-0.2, 0) is 19.5 Å². The fourth-order valence-electron chi connectivity index (χ4n) is 2.84. The number of benzene rings is 1. The summed E-state index contributed by atoms with van der Waals surface area (Å²) < 4.78 is 29.5. The van der Waals surface area contributed by atoms with Gasteiger partial charge in [-0.1, -0.05) is 18.2 Å². The van der Waals surface area contributed by atoms with Crippen LogP contribution in [0.3, 0.4) is 0 Å². The van der Waals surface area contributed by atoms with E-state index < -0.39 is 6.61 Å². The number of hydrogen-bond donors (Lipinski definition) is 1. The van der Waals surface area contributed by atoms with Crippen LogP contribution in [0.5, 0.6) is 5.75 Å². The largest absolute Gasteiger partial charge is 0.434 e. The predicted molar refractivity (Wildman–Crippen MR) is 80.5 cm³/mol. The van der Waals surface area contributed by atoms with Crippen molar-refractivity contribution in [3.8, 4) is 5.75 Å². The Bertz CT molecular complexity index is 761. The molecule has 0 saturated heterocycles. The maximum atomic E-state index is 12.5. The van der Waals surface area contributed by atoms with Gasteiger partial charge in [0.15, 0.2) is 0 Å². The van der Waals surface area contributed by atoms with Gasteiger partial charge in [-0.05, 0) is 19.4 Å². The van der Waals surface area contributed by atoms with E-state index in [9.17, 15) is 13.6 Å². The van der Waals surface area contributed by atoms with Crippen molar-refractivity contribution in [1.82, 2.24) is 14.9 Å². The molecule has 0 bridgehead atoms. The number of nitrogens with one attached hydrogen (secondary N) is 1. The molecule has 1 aliphatic heterocycles. The van der Waals surface area contributed by atoms with Gasteiger partial charge in [-0.15, -0.1) is 0 Å². The summed E-state index contributed by atoms with van der Waals surface area (Å²) in [6.07, 6.45) is 0.593. The molecule has 1 aliphatic rings. The summed E-state index contributed by atoms with van der Waals surface area (Å²) in [4.78, 5) is 21.1. The van der Waals surface area contributed by atoms with Crippen molar-refractivity contribution < 1.29 is 13.5 Å². The van der Waals surface area contributed by atoms with Crippen LogP contribution in [0.15, 0.2) is 29.1 Å². The minimum absolute atomic E-state index is 0.0893. The summed E-state index contributed by atoms with van der Waals surface area (Å²) in [5.41, 5.74) is 2.07. The van der Waals surface area contributed by atoms with E-state index in [0.717, 1.165) is 5.69 Å². The number of fused-ring (bicyclic) bond motifs is 1. The molecule has 0 spiro atoms. The lowest BCUT2D eigenvalue weighted by Crippen LogP contribution is -2.35. The summed E-state index contributed by atoms with van der Waals surface area (Å²) in [5.74, 6) is 0.764. The minimum Gasteiger partial charge on any atom is -0.434 e. The Morgan fingerprint density at radius 3 is 2.96 bits per heavy atom. The molecular weight excluding hydrogens is 304 g/mol. The van der Waals surface area contributed by atoms with E-state index in [1.165, 1.54) is 6.07 Å². The molecular formula is C16H17F2N3O2. The van der Waals surface area contributed by atoms with Gasteiger partial charge < -0.3 is 9.72 Å². The maximum Gasteiger partial charge on any atom is 0.387 e. The Balaban J connectivity index is 1.79. The molecule has 0 atom stereocenters. The van der Waals surface area contributed by atoms with E-state index in [1.54, 1.807) is 25.1 Å². The van der Waals surface area contributed by atoms with Crippen molar-refractivity contribution in [2.45, 2.75) is 33.0 Å². The van der Waals surface area contributed by atoms with E-state index >= 15 is 0 Å². The third-order valence-corrected chi connectivity index (χ3v) is 3.85. The highest BCUT2D eigenvalue weighted by atomic mass is 19.3. The third-order valence-electron chi connectivity index (χ3n) is 3.85. The molecule has 0 fully saturated rings. The van der Waals surface area contributed by atoms with Gasteiger partial charge in [0.25, 0.3) is 5.56 Å². The maximum absolute atomic E-state index is 12.5. The van der Waals surface area contributed by atoms with E-state index in [0.29, 0.717) is 43.0 Å². The van der Waals surface area contributed by atoms with Crippen molar-refractivity contribution in [1.29, 1.82) is 0 Å². The SMILES string of the molecule is Cc1nc2c(c(=O)[nH]1)CCN(Cc1ccccc1OC(F)F)C2. The van der Waals surface area contributed by atoms with Crippen LogP contribution >= 0.6 is 0 Å². The Kier molecular flexibility index (Phi) is 4.38. The zero-order valence-corrected chi connectivity index (χ0v) is 12.7. The first-order valence-electron chi connectivity index (χ1n) is 7.36. The van der Waals surface area contributed by atoms with E-state index in [4.69, 9.17) is 0 Å². The molecule has 0 unspecified atom stereocenters. The second-order valence-corrected chi connectivity index (χ2v) is 5.52. The minimum atomic E-state index is -2.85. The summed E-state index contributed by atoms with van der Waals surface area (Å²) in [5, 5.41) is 0. The molecule has 0 saturated carbocycles. The summed E-state index contributed by atoms with van der Waals surface area (Å²) in [7, 11) is 0. The average Bonchev–Trinajstić information content (AvgIpc) is 2.48. The highest BCUT2D eigenvalue weighted by Gasteiger charge is 2.21. The molecule has 7 heteroatoms. The number of para-hydroxylation sites is 1. The molecule has 2 heterocycles. The number of aromatic nitrogens is 2. The molecule has 2 aromatic rings. The Morgan fingerprint density at radius 1 is 1.39 bits per heavy atom. The average molecular weight is 321 g/mol. The smallest absolute Gasteiger partial charge is 0.387 e. The topological polar surface area (TPSA) is 58.2 Å². The van der Waals surface area contributed by atoms with Crippen LogP contribution in [0.25, 0.3) is 0 Å². The highest BCUT2D eigenvalue weighted by Crippen LogP contribution is 2.24. The van der Waals surface area contributed by atoms with Crippen LogP contribution in [0.1, 0.15) is 22.6 Å². The summed E-state index contributed by atoms with van der Waals surface area (Å²) in [6.45, 7) is 0.552. The molecule has 122 valence electrons. The highest BCUT2D eigenvalue weighted by molar-refractivity contribution is 5.33. The quantitative estimate of drug-likeness (QED) is 0.938. The standard InChI is InChI=1S/C16H17F2N3O2/c1-10-19-13-9-21(7-6-12(13)15(22)20-10)8-11-4-2-3-5-14(11)23-16(17)18/h2-5,16H,6-9H2,1H3,(H,19,20,22). The van der Waals surface area contributed by atoms with Crippen molar-refractivity contribution in [2.75, 3.05) is 6.54 Å². The fraction of sp³-hybridized carbons (Fsp3) is 0.375. The van der Waals surface area contributed by atoms with Gasteiger partial charge in [0, 0.05) is 30.8 Å². The zero-order valence-electron chi connectivity index (χ0n) is 12.7. The van der Waals surface area contributed by atoms with E-state index in [-0.39, 0.29) is 11.3 Å². The van der Waals surface area contributed by atoms with Crippen LogP contribution < -0.4 is 10.3 Å². The van der Waals surface area contributed by atoms with Gasteiger partial charge in [-0.3, -0.25) is 9.69 Å². The molecule has 3 rings (SSSR count). The van der Waals surface area contributed by atoms with Gasteiger partial charge in [0.2, 0.25) is 0 Å². The van der Waals surface area contributed by atoms with Crippen LogP contribution in [0.4, 0.5) is 8.78 Å². The number of alkyl halides is 2. The monoisotopic (exact) mass is 321 g/mol. The van der Waals surface area contributed by atoms with E-state index in [2.05, 4.69) is 19.6 Å². The molecule has 0 radical (unpaired) electrons. The molecule has 1 N–H and O–H groups in total. The number of H-pyrrole nitrogens is 1. The second-order valence-electron chi connectivity index (χ2n) is 5.52. The Morgan fingerprint density at radius 2 is 2.17 bits per heavy atom. The second kappa shape index (κ2) is 6.45. The first-order chi connectivity index (χ1) is 11.0. The lowest BCUT2D eigenvalue weighted by Gasteiger charge is -2.28. The summed E-state index contributed by atoms with van der Waals surface area (Å²) in [6, 6.07) is 6.76. The molecule has 0 amide bonds. The normalized spacial score (nSPS) is 14.8. The molecule has 1 aromatic heterocycles. The van der Waals surface area contributed by atoms with Crippen molar-refractivity contribution in [3.05, 3.63) is 57.3 Å². The Labute approximate surface area is 131 Å². The number of aryl methyl sites for hydroxylation is 1. The summed E-state index contributed by atoms with van der Waals surface area (Å²) >= 11 is 0. The van der Waals surface area contributed by atoms with Crippen LogP contribution in [0, 0.1) is 6.92 Å². The van der Waals surface area contributed by atoms with Crippen molar-refractivity contribution in [3.63, 3.8) is 0 Å². The van der Waals surface area contributed by atoms with Crippen molar-refractivity contribution >= 4 is 0 Å². The third kappa shape index (κ3) is 3.56. The van der Waals surface area contributed by atoms with Gasteiger partial charge in [-0.2, -0.15) is 8.78 Å².